The first-order valence-electron chi connectivity index (χ1n) is 9.62. The van der Waals surface area contributed by atoms with Crippen LogP contribution in [-0.2, 0) is 9.16 Å². The first kappa shape index (κ1) is 20.3. The Balaban J connectivity index is 2.51. The van der Waals surface area contributed by atoms with Gasteiger partial charge in [-0.3, -0.25) is 4.90 Å². The molecule has 1 amide bonds. The molecule has 0 fully saturated rings. The third-order valence-corrected chi connectivity index (χ3v) is 9.76. The molecule has 1 aromatic carbocycles. The van der Waals surface area contributed by atoms with Crippen molar-refractivity contribution in [3.05, 3.63) is 48.6 Å². The van der Waals surface area contributed by atoms with Crippen molar-refractivity contribution in [2.45, 2.75) is 58.3 Å². The first-order valence-corrected chi connectivity index (χ1v) is 12.2. The Hall–Kier alpha value is -2.01. The predicted octanol–water partition coefficient (Wildman–Crippen LogP) is 5.97. The van der Waals surface area contributed by atoms with Crippen LogP contribution in [0.5, 0.6) is 0 Å². The van der Waals surface area contributed by atoms with Crippen molar-refractivity contribution in [1.82, 2.24) is 0 Å². The maximum absolute atomic E-state index is 12.6. The Bertz CT molecular complexity index is 659. The average molecular weight is 374 g/mol. The Labute approximate surface area is 158 Å². The molecule has 1 heterocycles. The highest BCUT2D eigenvalue weighted by atomic mass is 28.4. The number of anilines is 1. The fourth-order valence-electron chi connectivity index (χ4n) is 3.47. The van der Waals surface area contributed by atoms with Gasteiger partial charge in [0.05, 0.1) is 18.3 Å². The molecule has 1 aliphatic rings. The van der Waals surface area contributed by atoms with Gasteiger partial charge in [0, 0.05) is 5.56 Å². The normalized spacial score (nSPS) is 16.5. The molecule has 0 spiro atoms. The van der Waals surface area contributed by atoms with Crippen molar-refractivity contribution in [2.75, 3.05) is 11.5 Å². The second kappa shape index (κ2) is 9.08. The molecule has 5 heteroatoms. The molecule has 0 N–H and O–H groups in total. The lowest BCUT2D eigenvalue weighted by atomic mass is 10.00. The van der Waals surface area contributed by atoms with Gasteiger partial charge in [-0.05, 0) is 49.7 Å². The van der Waals surface area contributed by atoms with Crippen LogP contribution in [0.2, 0.25) is 18.1 Å². The second-order valence-electron chi connectivity index (χ2n) is 6.55. The molecule has 1 atom stereocenters. The van der Waals surface area contributed by atoms with Crippen LogP contribution in [0.1, 0.15) is 39.7 Å². The lowest BCUT2D eigenvalue weighted by Crippen LogP contribution is -2.43. The maximum atomic E-state index is 12.6. The molecule has 0 aliphatic carbocycles. The van der Waals surface area contributed by atoms with E-state index in [-0.39, 0.29) is 12.1 Å². The number of carbonyl (C=O) groups excluding carboxylic acids is 1. The standard InChI is InChI=1S/C21H31NO3Si/c1-6-13-17-16-20(25-26(8-3,9-4)10-5)18-14-11-12-15-19(18)22(17)21(23)24-7-2/h6,11-12,14-17H,1,7-10,13H2,2-5H3. The zero-order valence-electron chi connectivity index (χ0n) is 16.5. The van der Waals surface area contributed by atoms with Gasteiger partial charge in [-0.25, -0.2) is 4.79 Å². The summed E-state index contributed by atoms with van der Waals surface area (Å²) < 4.78 is 12.0. The van der Waals surface area contributed by atoms with Crippen molar-refractivity contribution >= 4 is 25.9 Å². The van der Waals surface area contributed by atoms with Crippen LogP contribution >= 0.6 is 0 Å². The number of para-hydroxylation sites is 1. The molecule has 142 valence electrons. The Kier molecular flexibility index (Phi) is 7.09. The summed E-state index contributed by atoms with van der Waals surface area (Å²) in [6, 6.07) is 11.0. The predicted molar refractivity (Wildman–Crippen MR) is 111 cm³/mol. The summed E-state index contributed by atoms with van der Waals surface area (Å²) in [5, 5.41) is 0. The van der Waals surface area contributed by atoms with Crippen molar-refractivity contribution in [3.8, 4) is 0 Å². The van der Waals surface area contributed by atoms with Crippen molar-refractivity contribution in [1.29, 1.82) is 0 Å². The highest BCUT2D eigenvalue weighted by Crippen LogP contribution is 2.39. The van der Waals surface area contributed by atoms with Crippen molar-refractivity contribution in [3.63, 3.8) is 0 Å². The summed E-state index contributed by atoms with van der Waals surface area (Å²) in [5.74, 6) is 0.908. The van der Waals surface area contributed by atoms with E-state index < -0.39 is 8.32 Å². The van der Waals surface area contributed by atoms with Gasteiger partial charge in [0.2, 0.25) is 8.32 Å². The molecular weight excluding hydrogens is 342 g/mol. The van der Waals surface area contributed by atoms with Gasteiger partial charge in [-0.1, -0.05) is 39.0 Å². The molecule has 0 radical (unpaired) electrons. The molecule has 1 unspecified atom stereocenters. The van der Waals surface area contributed by atoms with E-state index in [0.29, 0.717) is 13.0 Å². The minimum atomic E-state index is -1.82. The van der Waals surface area contributed by atoms with Crippen LogP contribution in [0, 0.1) is 0 Å². The van der Waals surface area contributed by atoms with Gasteiger partial charge in [0.1, 0.15) is 5.76 Å². The summed E-state index contributed by atoms with van der Waals surface area (Å²) >= 11 is 0. The minimum Gasteiger partial charge on any atom is -0.543 e. The first-order chi connectivity index (χ1) is 12.6. The zero-order chi connectivity index (χ0) is 19.2. The molecule has 2 rings (SSSR count). The highest BCUT2D eigenvalue weighted by Gasteiger charge is 2.37. The van der Waals surface area contributed by atoms with E-state index in [2.05, 4.69) is 33.4 Å². The van der Waals surface area contributed by atoms with Crippen LogP contribution < -0.4 is 4.90 Å². The summed E-state index contributed by atoms with van der Waals surface area (Å²) in [7, 11) is -1.82. The second-order valence-corrected chi connectivity index (χ2v) is 11.2. The topological polar surface area (TPSA) is 38.8 Å². The van der Waals surface area contributed by atoms with Crippen LogP contribution in [-0.4, -0.2) is 27.1 Å². The number of ether oxygens (including phenoxy) is 1. The molecular formula is C21H31NO3Si. The van der Waals surface area contributed by atoms with Crippen LogP contribution in [0.3, 0.4) is 0 Å². The number of fused-ring (bicyclic) bond motifs is 1. The van der Waals surface area contributed by atoms with E-state index in [0.717, 1.165) is 35.1 Å². The molecule has 0 saturated carbocycles. The lowest BCUT2D eigenvalue weighted by Gasteiger charge is -2.38. The van der Waals surface area contributed by atoms with Crippen LogP contribution in [0.25, 0.3) is 5.76 Å². The SMILES string of the molecule is C=CCC1C=C(O[Si](CC)(CC)CC)c2ccccc2N1C(=O)OCC. The number of rotatable bonds is 8. The van der Waals surface area contributed by atoms with E-state index in [1.807, 2.05) is 37.3 Å². The largest absolute Gasteiger partial charge is 0.543 e. The summed E-state index contributed by atoms with van der Waals surface area (Å²) in [6.45, 7) is 12.7. The molecule has 1 aromatic rings. The molecule has 26 heavy (non-hydrogen) atoms. The summed E-state index contributed by atoms with van der Waals surface area (Å²) in [4.78, 5) is 14.3. The maximum Gasteiger partial charge on any atom is 0.414 e. The molecule has 4 nitrogen and oxygen atoms in total. The highest BCUT2D eigenvalue weighted by molar-refractivity contribution is 6.74. The van der Waals surface area contributed by atoms with Crippen molar-refractivity contribution < 1.29 is 14.0 Å². The monoisotopic (exact) mass is 373 g/mol. The van der Waals surface area contributed by atoms with E-state index in [1.165, 1.54) is 0 Å². The summed E-state index contributed by atoms with van der Waals surface area (Å²) in [5.41, 5.74) is 1.81. The van der Waals surface area contributed by atoms with E-state index >= 15 is 0 Å². The summed E-state index contributed by atoms with van der Waals surface area (Å²) in [6.07, 6.45) is 4.23. The number of carbonyl (C=O) groups is 1. The lowest BCUT2D eigenvalue weighted by molar-refractivity contribution is 0.158. The molecule has 1 aliphatic heterocycles. The zero-order valence-corrected chi connectivity index (χ0v) is 17.5. The van der Waals surface area contributed by atoms with E-state index in [9.17, 15) is 4.79 Å². The average Bonchev–Trinajstić information content (AvgIpc) is 2.66. The van der Waals surface area contributed by atoms with Crippen LogP contribution in [0.4, 0.5) is 10.5 Å². The van der Waals surface area contributed by atoms with Crippen LogP contribution in [0.15, 0.2) is 43.0 Å². The van der Waals surface area contributed by atoms with Gasteiger partial charge >= 0.3 is 6.09 Å². The van der Waals surface area contributed by atoms with Crippen molar-refractivity contribution in [2.24, 2.45) is 0 Å². The third kappa shape index (κ3) is 4.04. The number of benzene rings is 1. The molecule has 0 aromatic heterocycles. The smallest absolute Gasteiger partial charge is 0.414 e. The number of nitrogens with zero attached hydrogens (tertiary/aromatic N) is 1. The fraction of sp³-hybridized carbons (Fsp3) is 0.476. The Morgan fingerprint density at radius 2 is 1.85 bits per heavy atom. The Morgan fingerprint density at radius 1 is 1.19 bits per heavy atom. The minimum absolute atomic E-state index is 0.145. The fourth-order valence-corrected chi connectivity index (χ4v) is 6.05. The third-order valence-electron chi connectivity index (χ3n) is 5.24. The van der Waals surface area contributed by atoms with E-state index in [4.69, 9.17) is 9.16 Å². The number of amides is 1. The van der Waals surface area contributed by atoms with Gasteiger partial charge in [0.25, 0.3) is 0 Å². The quantitative estimate of drug-likeness (QED) is 0.416. The molecule has 0 saturated heterocycles. The van der Waals surface area contributed by atoms with Gasteiger partial charge in [-0.15, -0.1) is 6.58 Å². The van der Waals surface area contributed by atoms with Gasteiger partial charge in [0.15, 0.2) is 0 Å². The van der Waals surface area contributed by atoms with Gasteiger partial charge < -0.3 is 9.16 Å². The Morgan fingerprint density at radius 3 is 2.42 bits per heavy atom. The number of hydrogen-bond acceptors (Lipinski definition) is 3. The van der Waals surface area contributed by atoms with Gasteiger partial charge in [-0.2, -0.15) is 0 Å². The molecule has 0 bridgehead atoms. The number of hydrogen-bond donors (Lipinski definition) is 0. The van der Waals surface area contributed by atoms with E-state index in [1.54, 1.807) is 4.90 Å².